The Bertz CT molecular complexity index is 1330. The largest absolute Gasteiger partial charge is 0.444 e. The average Bonchev–Trinajstić information content (AvgIpc) is 3.17. The van der Waals surface area contributed by atoms with Crippen LogP contribution in [0.1, 0.15) is 50.7 Å². The van der Waals surface area contributed by atoms with Gasteiger partial charge in [-0.05, 0) is 51.5 Å². The van der Waals surface area contributed by atoms with Crippen LogP contribution in [0.5, 0.6) is 0 Å². The van der Waals surface area contributed by atoms with Crippen molar-refractivity contribution in [3.8, 4) is 0 Å². The van der Waals surface area contributed by atoms with E-state index < -0.39 is 60.6 Å². The van der Waals surface area contributed by atoms with Crippen LogP contribution in [-0.4, -0.2) is 44.4 Å². The SMILES string of the molecule is CC(n1c(CNC(=O)C(Cc2ccccc2C(F)(F)F)NC(=O)OC(C)(C)C)nc2cccnc21)C(F)(F)F. The fourth-order valence-corrected chi connectivity index (χ4v) is 3.80. The van der Waals surface area contributed by atoms with E-state index in [1.165, 1.54) is 30.5 Å². The van der Waals surface area contributed by atoms with Gasteiger partial charge in [-0.3, -0.25) is 9.36 Å². The fraction of sp³-hybridized carbons (Fsp3) is 0.440. The number of amides is 2. The number of pyridine rings is 1. The molecule has 0 bridgehead atoms. The van der Waals surface area contributed by atoms with E-state index in [1.54, 1.807) is 20.8 Å². The molecule has 14 heteroatoms. The highest BCUT2D eigenvalue weighted by molar-refractivity contribution is 5.86. The van der Waals surface area contributed by atoms with Gasteiger partial charge in [-0.25, -0.2) is 14.8 Å². The highest BCUT2D eigenvalue weighted by Crippen LogP contribution is 2.34. The lowest BCUT2D eigenvalue weighted by Gasteiger charge is -2.24. The fourth-order valence-electron chi connectivity index (χ4n) is 3.80. The minimum Gasteiger partial charge on any atom is -0.444 e. The topological polar surface area (TPSA) is 98.1 Å². The Morgan fingerprint density at radius 1 is 1.03 bits per heavy atom. The lowest BCUT2D eigenvalue weighted by molar-refractivity contribution is -0.162. The van der Waals surface area contributed by atoms with Crippen LogP contribution in [0.3, 0.4) is 0 Å². The van der Waals surface area contributed by atoms with Crippen molar-refractivity contribution in [2.45, 2.75) is 70.7 Å². The van der Waals surface area contributed by atoms with Crippen LogP contribution in [0.2, 0.25) is 0 Å². The number of imidazole rings is 1. The van der Waals surface area contributed by atoms with Gasteiger partial charge in [-0.15, -0.1) is 0 Å². The number of carbonyl (C=O) groups excluding carboxylic acids is 2. The Hall–Kier alpha value is -3.84. The summed E-state index contributed by atoms with van der Waals surface area (Å²) in [6.45, 7) is 5.05. The molecule has 0 aliphatic carbocycles. The number of rotatable bonds is 7. The van der Waals surface area contributed by atoms with Crippen LogP contribution in [0.15, 0.2) is 42.6 Å². The Morgan fingerprint density at radius 2 is 1.69 bits per heavy atom. The maximum absolute atomic E-state index is 13.6. The Labute approximate surface area is 219 Å². The van der Waals surface area contributed by atoms with Crippen molar-refractivity contribution in [3.05, 3.63) is 59.5 Å². The van der Waals surface area contributed by atoms with Gasteiger partial charge in [0.2, 0.25) is 5.91 Å². The monoisotopic (exact) mass is 559 g/mol. The zero-order valence-electron chi connectivity index (χ0n) is 21.4. The molecule has 8 nitrogen and oxygen atoms in total. The smallest absolute Gasteiger partial charge is 0.416 e. The number of ether oxygens (including phenoxy) is 1. The van der Waals surface area contributed by atoms with E-state index in [0.717, 1.165) is 23.6 Å². The van der Waals surface area contributed by atoms with Crippen LogP contribution in [0.4, 0.5) is 31.1 Å². The molecule has 2 N–H and O–H groups in total. The summed E-state index contributed by atoms with van der Waals surface area (Å²) in [6, 6.07) is 3.87. The minimum atomic E-state index is -4.73. The van der Waals surface area contributed by atoms with Gasteiger partial charge in [0, 0.05) is 12.6 Å². The number of nitrogens with zero attached hydrogens (tertiary/aromatic N) is 3. The molecule has 0 saturated carbocycles. The number of halogens is 6. The second-order valence-electron chi connectivity index (χ2n) is 9.74. The summed E-state index contributed by atoms with van der Waals surface area (Å²) >= 11 is 0. The number of hydrogen-bond acceptors (Lipinski definition) is 5. The van der Waals surface area contributed by atoms with Crippen molar-refractivity contribution in [2.24, 2.45) is 0 Å². The number of alkyl carbamates (subject to hydrolysis) is 1. The number of nitrogens with one attached hydrogen (secondary N) is 2. The summed E-state index contributed by atoms with van der Waals surface area (Å²) in [5.41, 5.74) is -2.15. The highest BCUT2D eigenvalue weighted by atomic mass is 19.4. The molecular formula is C25H27F6N5O3. The molecular weight excluding hydrogens is 532 g/mol. The van der Waals surface area contributed by atoms with E-state index in [2.05, 4.69) is 20.6 Å². The molecule has 0 radical (unpaired) electrons. The summed E-state index contributed by atoms with van der Waals surface area (Å²) in [5.74, 6) is -1.14. The van der Waals surface area contributed by atoms with E-state index in [4.69, 9.17) is 4.74 Å². The molecule has 2 aromatic heterocycles. The minimum absolute atomic E-state index is 0.0610. The molecule has 0 aliphatic rings. The first kappa shape index (κ1) is 29.7. The van der Waals surface area contributed by atoms with Gasteiger partial charge in [-0.1, -0.05) is 18.2 Å². The molecule has 2 heterocycles. The van der Waals surface area contributed by atoms with Gasteiger partial charge >= 0.3 is 18.4 Å². The summed E-state index contributed by atoms with van der Waals surface area (Å²) in [4.78, 5) is 33.7. The van der Waals surface area contributed by atoms with E-state index in [0.29, 0.717) is 0 Å². The third-order valence-electron chi connectivity index (χ3n) is 5.56. The van der Waals surface area contributed by atoms with E-state index in [9.17, 15) is 35.9 Å². The zero-order chi connectivity index (χ0) is 29.2. The van der Waals surface area contributed by atoms with Gasteiger partial charge in [0.15, 0.2) is 5.65 Å². The Morgan fingerprint density at radius 3 is 2.31 bits per heavy atom. The number of fused-ring (bicyclic) bond motifs is 1. The molecule has 2 atom stereocenters. The zero-order valence-corrected chi connectivity index (χ0v) is 21.4. The summed E-state index contributed by atoms with van der Waals surface area (Å²) < 4.78 is 87.4. The van der Waals surface area contributed by atoms with Crippen molar-refractivity contribution < 1.29 is 40.7 Å². The number of benzene rings is 1. The van der Waals surface area contributed by atoms with E-state index in [1.807, 2.05) is 0 Å². The standard InChI is InChI=1S/C25H27F6N5O3/c1-14(24(26,27)28)36-19(34-17-10-7-11-32-20(17)36)13-33-21(37)18(35-22(38)39-23(2,3)4)12-15-8-5-6-9-16(15)25(29,30)31/h5-11,14,18H,12-13H2,1-4H3,(H,33,37)(H,35,38). The molecule has 0 fully saturated rings. The summed E-state index contributed by atoms with van der Waals surface area (Å²) in [6.07, 6.45) is -9.72. The predicted octanol–water partition coefficient (Wildman–Crippen LogP) is 5.33. The number of hydrogen-bond donors (Lipinski definition) is 2. The van der Waals surface area contributed by atoms with Gasteiger partial charge in [0.1, 0.15) is 29.0 Å². The highest BCUT2D eigenvalue weighted by Gasteiger charge is 2.40. The van der Waals surface area contributed by atoms with Gasteiger partial charge in [0.05, 0.1) is 12.1 Å². The quantitative estimate of drug-likeness (QED) is 0.382. The molecule has 3 aromatic rings. The van der Waals surface area contributed by atoms with E-state index in [-0.39, 0.29) is 22.6 Å². The van der Waals surface area contributed by atoms with Crippen molar-refractivity contribution in [1.29, 1.82) is 0 Å². The van der Waals surface area contributed by atoms with Crippen LogP contribution in [0, 0.1) is 0 Å². The summed E-state index contributed by atoms with van der Waals surface area (Å²) in [7, 11) is 0. The Balaban J connectivity index is 1.91. The van der Waals surface area contributed by atoms with Crippen LogP contribution in [0.25, 0.3) is 11.2 Å². The third-order valence-corrected chi connectivity index (χ3v) is 5.56. The molecule has 212 valence electrons. The number of alkyl halides is 6. The van der Waals surface area contributed by atoms with Crippen molar-refractivity contribution in [1.82, 2.24) is 25.2 Å². The first-order valence-electron chi connectivity index (χ1n) is 11.8. The number of aromatic nitrogens is 3. The Kier molecular flexibility index (Phi) is 8.46. The van der Waals surface area contributed by atoms with Crippen molar-refractivity contribution in [2.75, 3.05) is 0 Å². The predicted molar refractivity (Wildman–Crippen MR) is 128 cm³/mol. The molecule has 39 heavy (non-hydrogen) atoms. The van der Waals surface area contributed by atoms with E-state index >= 15 is 0 Å². The maximum atomic E-state index is 13.6. The molecule has 3 rings (SSSR count). The van der Waals surface area contributed by atoms with Crippen molar-refractivity contribution >= 4 is 23.2 Å². The maximum Gasteiger partial charge on any atom is 0.416 e. The average molecular weight is 560 g/mol. The molecule has 2 unspecified atom stereocenters. The first-order valence-corrected chi connectivity index (χ1v) is 11.8. The van der Waals surface area contributed by atoms with Gasteiger partial charge in [-0.2, -0.15) is 26.3 Å². The first-order chi connectivity index (χ1) is 18.0. The second-order valence-corrected chi connectivity index (χ2v) is 9.74. The van der Waals surface area contributed by atoms with Crippen LogP contribution in [-0.2, 0) is 28.7 Å². The third kappa shape index (κ3) is 7.60. The molecule has 2 amide bonds. The van der Waals surface area contributed by atoms with Crippen LogP contribution < -0.4 is 10.6 Å². The van der Waals surface area contributed by atoms with Crippen molar-refractivity contribution in [3.63, 3.8) is 0 Å². The molecule has 1 aromatic carbocycles. The second kappa shape index (κ2) is 11.1. The molecule has 0 spiro atoms. The number of carbonyl (C=O) groups is 2. The molecule has 0 aliphatic heterocycles. The normalized spacial score (nSPS) is 14.1. The molecule has 0 saturated heterocycles. The van der Waals surface area contributed by atoms with Crippen LogP contribution >= 0.6 is 0 Å². The van der Waals surface area contributed by atoms with Gasteiger partial charge < -0.3 is 15.4 Å². The summed E-state index contributed by atoms with van der Waals surface area (Å²) in [5, 5.41) is 4.65. The lowest BCUT2D eigenvalue weighted by atomic mass is 9.99. The van der Waals surface area contributed by atoms with Gasteiger partial charge in [0.25, 0.3) is 0 Å². The lowest BCUT2D eigenvalue weighted by Crippen LogP contribution is -2.49.